The molecule has 0 radical (unpaired) electrons. The Balaban J connectivity index is 1.39. The average Bonchev–Trinajstić information content (AvgIpc) is 3.17. The van der Waals surface area contributed by atoms with Gasteiger partial charge in [0.15, 0.2) is 0 Å². The molecule has 0 aromatic heterocycles. The number of carbonyl (C=O) groups is 1. The molecule has 0 unspecified atom stereocenters. The largest absolute Gasteiger partial charge is 0.489 e. The zero-order valence-corrected chi connectivity index (χ0v) is 16.1. The summed E-state index contributed by atoms with van der Waals surface area (Å²) in [7, 11) is 0. The summed E-state index contributed by atoms with van der Waals surface area (Å²) in [5.74, 6) is 0.584. The van der Waals surface area contributed by atoms with Crippen molar-refractivity contribution in [3.05, 3.63) is 28.2 Å². The van der Waals surface area contributed by atoms with Gasteiger partial charge in [-0.3, -0.25) is 4.79 Å². The van der Waals surface area contributed by atoms with E-state index in [0.29, 0.717) is 42.0 Å². The number of aliphatic hydroxyl groups is 1. The first-order valence-electron chi connectivity index (χ1n) is 9.03. The summed E-state index contributed by atoms with van der Waals surface area (Å²) in [5.41, 5.74) is 0. The summed E-state index contributed by atoms with van der Waals surface area (Å²) in [5, 5.41) is 11.3. The molecular formula is C18H25Cl2N2O4+. The summed E-state index contributed by atoms with van der Waals surface area (Å²) < 4.78 is 11.1. The molecule has 2 atom stereocenters. The highest BCUT2D eigenvalue weighted by atomic mass is 35.5. The number of hydrogen-bond donors (Lipinski definition) is 2. The van der Waals surface area contributed by atoms with Gasteiger partial charge in [-0.2, -0.15) is 0 Å². The fourth-order valence-electron chi connectivity index (χ4n) is 3.39. The van der Waals surface area contributed by atoms with Crippen molar-refractivity contribution < 1.29 is 24.3 Å². The number of halogens is 2. The number of hydrogen-bond acceptors (Lipinski definition) is 4. The van der Waals surface area contributed by atoms with Crippen LogP contribution in [0.25, 0.3) is 0 Å². The number of quaternary nitrogens is 1. The first-order valence-corrected chi connectivity index (χ1v) is 9.78. The lowest BCUT2D eigenvalue weighted by molar-refractivity contribution is -0.907. The quantitative estimate of drug-likeness (QED) is 0.731. The fourth-order valence-corrected chi connectivity index (χ4v) is 3.72. The number of amides is 1. The predicted octanol–water partition coefficient (Wildman–Crippen LogP) is 0.639. The molecule has 0 saturated carbocycles. The number of nitrogens with zero attached hydrogens (tertiary/aromatic N) is 1. The SMILES string of the molecule is O=C([C@H]1CCCO1)N1CC[NH+](C[C@@H](O)COc2cc(Cl)ccc2Cl)CC1. The van der Waals surface area contributed by atoms with Crippen molar-refractivity contribution in [1.82, 2.24) is 4.90 Å². The molecule has 1 amide bonds. The maximum atomic E-state index is 12.3. The summed E-state index contributed by atoms with van der Waals surface area (Å²) in [6.07, 6.45) is 0.928. The molecule has 3 rings (SSSR count). The molecule has 2 fully saturated rings. The number of nitrogens with one attached hydrogen (secondary N) is 1. The van der Waals surface area contributed by atoms with Crippen molar-refractivity contribution in [3.8, 4) is 5.75 Å². The Bertz CT molecular complexity index is 617. The lowest BCUT2D eigenvalue weighted by Gasteiger charge is -2.34. The Hall–Kier alpha value is -1.05. The molecule has 144 valence electrons. The normalized spacial score (nSPS) is 22.4. The molecule has 2 N–H and O–H groups in total. The highest BCUT2D eigenvalue weighted by molar-refractivity contribution is 6.34. The molecule has 1 aromatic rings. The van der Waals surface area contributed by atoms with Gasteiger partial charge in [0, 0.05) is 17.7 Å². The lowest BCUT2D eigenvalue weighted by atomic mass is 10.2. The van der Waals surface area contributed by atoms with Gasteiger partial charge >= 0.3 is 0 Å². The van der Waals surface area contributed by atoms with E-state index in [1.165, 1.54) is 4.90 Å². The van der Waals surface area contributed by atoms with Gasteiger partial charge in [-0.25, -0.2) is 0 Å². The van der Waals surface area contributed by atoms with E-state index in [1.807, 2.05) is 4.90 Å². The topological polar surface area (TPSA) is 63.4 Å². The third-order valence-corrected chi connectivity index (χ3v) is 5.38. The number of piperazine rings is 1. The van der Waals surface area contributed by atoms with Crippen molar-refractivity contribution in [1.29, 1.82) is 0 Å². The maximum Gasteiger partial charge on any atom is 0.252 e. The highest BCUT2D eigenvalue weighted by Crippen LogP contribution is 2.27. The highest BCUT2D eigenvalue weighted by Gasteiger charge is 2.32. The van der Waals surface area contributed by atoms with Crippen molar-refractivity contribution in [2.75, 3.05) is 45.9 Å². The molecule has 8 heteroatoms. The van der Waals surface area contributed by atoms with Crippen LogP contribution in [0.15, 0.2) is 18.2 Å². The number of aliphatic hydroxyl groups excluding tert-OH is 1. The Morgan fingerprint density at radius 1 is 1.38 bits per heavy atom. The number of rotatable bonds is 6. The van der Waals surface area contributed by atoms with Crippen LogP contribution in [0.2, 0.25) is 10.0 Å². The van der Waals surface area contributed by atoms with Gasteiger partial charge in [-0.15, -0.1) is 0 Å². The third-order valence-electron chi connectivity index (χ3n) is 4.84. The smallest absolute Gasteiger partial charge is 0.252 e. The van der Waals surface area contributed by atoms with Crippen molar-refractivity contribution in [2.45, 2.75) is 25.0 Å². The minimum absolute atomic E-state index is 0.112. The van der Waals surface area contributed by atoms with E-state index in [-0.39, 0.29) is 18.6 Å². The van der Waals surface area contributed by atoms with Gasteiger partial charge in [-0.1, -0.05) is 23.2 Å². The van der Waals surface area contributed by atoms with Crippen molar-refractivity contribution >= 4 is 29.1 Å². The van der Waals surface area contributed by atoms with Crippen LogP contribution in [0, 0.1) is 0 Å². The number of benzene rings is 1. The summed E-state index contributed by atoms with van der Waals surface area (Å²) in [6, 6.07) is 4.99. The second-order valence-corrected chi connectivity index (χ2v) is 7.66. The average molecular weight is 404 g/mol. The van der Waals surface area contributed by atoms with Crippen molar-refractivity contribution in [3.63, 3.8) is 0 Å². The minimum Gasteiger partial charge on any atom is -0.489 e. The van der Waals surface area contributed by atoms with E-state index in [9.17, 15) is 9.90 Å². The molecule has 0 aliphatic carbocycles. The van der Waals surface area contributed by atoms with E-state index < -0.39 is 6.10 Å². The predicted molar refractivity (Wildman–Crippen MR) is 99.1 cm³/mol. The Morgan fingerprint density at radius 2 is 2.15 bits per heavy atom. The first kappa shape index (κ1) is 19.7. The monoisotopic (exact) mass is 403 g/mol. The van der Waals surface area contributed by atoms with Crippen LogP contribution in [0.5, 0.6) is 5.75 Å². The summed E-state index contributed by atoms with van der Waals surface area (Å²) in [4.78, 5) is 15.5. The van der Waals surface area contributed by atoms with Crippen LogP contribution < -0.4 is 9.64 Å². The van der Waals surface area contributed by atoms with Crippen LogP contribution in [-0.4, -0.2) is 74.1 Å². The minimum atomic E-state index is -0.611. The molecule has 1 aromatic carbocycles. The standard InChI is InChI=1S/C18H24Cl2N2O4/c19-13-3-4-15(20)17(10-13)26-12-14(23)11-21-5-7-22(8-6-21)18(24)16-2-1-9-25-16/h3-4,10,14,16,23H,1-2,5-9,11-12H2/p+1/t14-,16-/m1/s1. The second-order valence-electron chi connectivity index (χ2n) is 6.82. The van der Waals surface area contributed by atoms with E-state index in [2.05, 4.69) is 0 Å². The van der Waals surface area contributed by atoms with E-state index in [0.717, 1.165) is 25.9 Å². The second kappa shape index (κ2) is 9.24. The Labute approximate surface area is 163 Å². The summed E-state index contributed by atoms with van der Waals surface area (Å²) >= 11 is 12.0. The van der Waals surface area contributed by atoms with Gasteiger partial charge in [-0.05, 0) is 25.0 Å². The Morgan fingerprint density at radius 3 is 2.85 bits per heavy atom. The molecule has 6 nitrogen and oxygen atoms in total. The first-order chi connectivity index (χ1) is 12.5. The third kappa shape index (κ3) is 5.24. The van der Waals surface area contributed by atoms with E-state index >= 15 is 0 Å². The zero-order valence-electron chi connectivity index (χ0n) is 14.6. The zero-order chi connectivity index (χ0) is 18.5. The molecule has 0 spiro atoms. The molecule has 2 heterocycles. The molecule has 2 aliphatic rings. The van der Waals surface area contributed by atoms with Crippen LogP contribution in [0.1, 0.15) is 12.8 Å². The summed E-state index contributed by atoms with van der Waals surface area (Å²) in [6.45, 7) is 4.43. The van der Waals surface area contributed by atoms with Crippen LogP contribution in [-0.2, 0) is 9.53 Å². The van der Waals surface area contributed by atoms with Gasteiger partial charge in [0.1, 0.15) is 31.1 Å². The molecule has 2 aliphatic heterocycles. The van der Waals surface area contributed by atoms with Gasteiger partial charge in [0.25, 0.3) is 5.91 Å². The molecule has 0 bridgehead atoms. The Kier molecular flexibility index (Phi) is 7.00. The van der Waals surface area contributed by atoms with E-state index in [4.69, 9.17) is 32.7 Å². The molecule has 26 heavy (non-hydrogen) atoms. The van der Waals surface area contributed by atoms with Gasteiger partial charge in [0.05, 0.1) is 31.2 Å². The van der Waals surface area contributed by atoms with Crippen molar-refractivity contribution in [2.24, 2.45) is 0 Å². The molecular weight excluding hydrogens is 379 g/mol. The fraction of sp³-hybridized carbons (Fsp3) is 0.611. The maximum absolute atomic E-state index is 12.3. The number of carbonyl (C=O) groups excluding carboxylic acids is 1. The number of ether oxygens (including phenoxy) is 2. The van der Waals surface area contributed by atoms with Gasteiger partial charge < -0.3 is 24.4 Å². The molecule has 2 saturated heterocycles. The van der Waals surface area contributed by atoms with Gasteiger partial charge in [0.2, 0.25) is 0 Å². The van der Waals surface area contributed by atoms with Crippen LogP contribution in [0.3, 0.4) is 0 Å². The van der Waals surface area contributed by atoms with Crippen LogP contribution in [0.4, 0.5) is 0 Å². The van der Waals surface area contributed by atoms with Crippen LogP contribution >= 0.6 is 23.2 Å². The van der Waals surface area contributed by atoms with E-state index in [1.54, 1.807) is 18.2 Å². The lowest BCUT2D eigenvalue weighted by Crippen LogP contribution is -3.16.